The second-order valence-electron chi connectivity index (χ2n) is 12.1. The van der Waals surface area contributed by atoms with Crippen molar-refractivity contribution in [1.29, 1.82) is 0 Å². The first-order chi connectivity index (χ1) is 22.3. The number of imide groups is 1. The maximum Gasteiger partial charge on any atom is 0.305 e. The van der Waals surface area contributed by atoms with Gasteiger partial charge in [-0.05, 0) is 90.4 Å². The first-order valence-corrected chi connectivity index (χ1v) is 16.7. The van der Waals surface area contributed by atoms with Crippen LogP contribution in [0.5, 0.6) is 17.2 Å². The number of carbonyl (C=O) groups is 3. The van der Waals surface area contributed by atoms with Crippen LogP contribution in [0.15, 0.2) is 82.6 Å². The lowest BCUT2D eigenvalue weighted by Crippen LogP contribution is -2.42. The number of benzene rings is 3. The Morgan fingerprint density at radius 2 is 1.61 bits per heavy atom. The van der Waals surface area contributed by atoms with Gasteiger partial charge in [-0.25, -0.2) is 0 Å². The first-order valence-electron chi connectivity index (χ1n) is 15.0. The van der Waals surface area contributed by atoms with Crippen molar-refractivity contribution in [2.45, 2.75) is 22.6 Å². The Balaban J connectivity index is 1.05. The minimum absolute atomic E-state index is 0.00192. The van der Waals surface area contributed by atoms with Gasteiger partial charge >= 0.3 is 4.87 Å². The number of nitrogens with one attached hydrogen (secondary N) is 2. The molecule has 4 unspecified atom stereocenters. The molecule has 3 heterocycles. The third-order valence-corrected chi connectivity index (χ3v) is 12.4. The van der Waals surface area contributed by atoms with Crippen molar-refractivity contribution in [3.05, 3.63) is 92.9 Å². The van der Waals surface area contributed by atoms with Crippen molar-refractivity contribution in [3.8, 4) is 17.2 Å². The Kier molecular flexibility index (Phi) is 6.95. The van der Waals surface area contributed by atoms with E-state index in [1.165, 1.54) is 28.4 Å². The lowest BCUT2D eigenvalue weighted by molar-refractivity contribution is -0.123. The summed E-state index contributed by atoms with van der Waals surface area (Å²) in [5.41, 5.74) is 2.11. The van der Waals surface area contributed by atoms with Gasteiger partial charge in [-0.3, -0.25) is 24.1 Å². The van der Waals surface area contributed by atoms with Gasteiger partial charge in [0.15, 0.2) is 6.61 Å². The van der Waals surface area contributed by atoms with Gasteiger partial charge in [0.2, 0.25) is 11.8 Å². The molecule has 3 aromatic carbocycles. The number of fused-ring (bicyclic) bond motifs is 9. The summed E-state index contributed by atoms with van der Waals surface area (Å²) >= 11 is 2.86. The predicted molar refractivity (Wildman–Crippen MR) is 173 cm³/mol. The number of ether oxygens (including phenoxy) is 2. The Morgan fingerprint density at radius 1 is 0.935 bits per heavy atom. The summed E-state index contributed by atoms with van der Waals surface area (Å²) in [6.07, 6.45) is 0.804. The van der Waals surface area contributed by atoms with Gasteiger partial charge in [0.1, 0.15) is 17.2 Å². The Morgan fingerprint density at radius 3 is 2.30 bits per heavy atom. The molecule has 3 amide bonds. The first kappa shape index (κ1) is 28.9. The van der Waals surface area contributed by atoms with Crippen LogP contribution in [0.1, 0.15) is 22.8 Å². The number of rotatable bonds is 7. The molecular weight excluding hydrogens is 627 g/mol. The van der Waals surface area contributed by atoms with E-state index < -0.39 is 5.92 Å². The van der Waals surface area contributed by atoms with Crippen LogP contribution in [0, 0.1) is 29.6 Å². The van der Waals surface area contributed by atoms with Crippen LogP contribution in [-0.2, 0) is 14.4 Å². The summed E-state index contributed by atoms with van der Waals surface area (Å²) < 4.78 is 11.0. The average molecular weight is 656 g/mol. The number of hydrogen-bond donors (Lipinski definition) is 3. The standard InChI is InChI=1S/C34H29N3O7S2/c1-43-20-12-6-18(7-13-20)37-32(40)27-22-14-23(28(27)33(37)41)29-26(22)25(30-31(45-29)36-34(42)46-30)16-2-10-21(11-3-16)44-15-24(39)35-17-4-8-19(38)9-5-17/h2-13,22-23,25-29,38H,14-15H2,1H3,(H,35,39)(H,36,42)/t22-,23-,25-,26?,27?,28?,29?/m1/s1. The summed E-state index contributed by atoms with van der Waals surface area (Å²) in [5, 5.41) is 13.1. The van der Waals surface area contributed by atoms with Gasteiger partial charge in [-0.15, -0.1) is 11.8 Å². The number of thiazole rings is 1. The zero-order chi connectivity index (χ0) is 31.7. The van der Waals surface area contributed by atoms with Gasteiger partial charge < -0.3 is 24.9 Å². The van der Waals surface area contributed by atoms with E-state index in [0.717, 1.165) is 21.9 Å². The number of aromatic amines is 1. The molecule has 2 saturated carbocycles. The molecule has 0 radical (unpaired) electrons. The third-order valence-electron chi connectivity index (χ3n) is 9.81. The number of aromatic nitrogens is 1. The second kappa shape index (κ2) is 11.1. The topological polar surface area (TPSA) is 138 Å². The Hall–Kier alpha value is -4.55. The molecule has 4 aromatic rings. The molecule has 8 rings (SSSR count). The van der Waals surface area contributed by atoms with E-state index in [4.69, 9.17) is 9.47 Å². The predicted octanol–water partition coefficient (Wildman–Crippen LogP) is 4.85. The zero-order valence-electron chi connectivity index (χ0n) is 24.5. The molecule has 3 N–H and O–H groups in total. The van der Waals surface area contributed by atoms with E-state index in [1.54, 1.807) is 55.3 Å². The summed E-state index contributed by atoms with van der Waals surface area (Å²) in [7, 11) is 1.57. The van der Waals surface area contributed by atoms with Gasteiger partial charge in [-0.2, -0.15) is 0 Å². The SMILES string of the molecule is COc1ccc(N2C(=O)C3C(C2=O)[C@@H]2C[C@H]3C3Sc4[nH]c(=O)sc4[C@H](c4ccc(OCC(=O)Nc5ccc(O)cc5)cc4)C32)cc1. The normalized spacial score (nSPS) is 27.2. The van der Waals surface area contributed by atoms with Crippen molar-refractivity contribution >= 4 is 52.2 Å². The quantitative estimate of drug-likeness (QED) is 0.190. The van der Waals surface area contributed by atoms with Crippen molar-refractivity contribution in [1.82, 2.24) is 4.98 Å². The number of anilines is 2. The number of nitrogens with zero attached hydrogens (tertiary/aromatic N) is 1. The van der Waals surface area contributed by atoms with Crippen molar-refractivity contribution in [3.63, 3.8) is 0 Å². The Bertz CT molecular complexity index is 1900. The fourth-order valence-electron chi connectivity index (χ4n) is 8.04. The van der Waals surface area contributed by atoms with Crippen LogP contribution < -0.4 is 24.6 Å². The summed E-state index contributed by atoms with van der Waals surface area (Å²) in [6, 6.07) is 20.8. The van der Waals surface area contributed by atoms with Gasteiger partial charge in [0.25, 0.3) is 5.91 Å². The zero-order valence-corrected chi connectivity index (χ0v) is 26.2. The molecule has 46 heavy (non-hydrogen) atoms. The molecule has 234 valence electrons. The van der Waals surface area contributed by atoms with Crippen LogP contribution in [0.3, 0.4) is 0 Å². The van der Waals surface area contributed by atoms with Gasteiger partial charge in [0, 0.05) is 21.7 Å². The molecule has 1 saturated heterocycles. The van der Waals surface area contributed by atoms with Gasteiger partial charge in [-0.1, -0.05) is 23.5 Å². The largest absolute Gasteiger partial charge is 0.508 e. The molecule has 2 aliphatic carbocycles. The fourth-order valence-corrected chi connectivity index (χ4v) is 10.9. The lowest BCUT2D eigenvalue weighted by Gasteiger charge is -2.43. The van der Waals surface area contributed by atoms with Crippen LogP contribution in [-0.4, -0.2) is 46.8 Å². The smallest absolute Gasteiger partial charge is 0.305 e. The molecule has 2 aliphatic heterocycles. The highest BCUT2D eigenvalue weighted by atomic mass is 32.2. The molecular formula is C34H29N3O7S2. The number of hydrogen-bond acceptors (Lipinski definition) is 9. The maximum absolute atomic E-state index is 14.0. The van der Waals surface area contributed by atoms with Crippen LogP contribution in [0.2, 0.25) is 0 Å². The molecule has 2 bridgehead atoms. The number of thioether (sulfide) groups is 1. The van der Waals surface area contributed by atoms with Crippen LogP contribution in [0.4, 0.5) is 11.4 Å². The summed E-state index contributed by atoms with van der Waals surface area (Å²) in [6.45, 7) is -0.192. The number of aromatic hydroxyl groups is 1. The summed E-state index contributed by atoms with van der Waals surface area (Å²) in [5.74, 6) is -0.103. The number of methoxy groups -OCH3 is 1. The van der Waals surface area contributed by atoms with Crippen LogP contribution >= 0.6 is 23.1 Å². The van der Waals surface area contributed by atoms with Crippen molar-refractivity contribution < 1.29 is 29.0 Å². The minimum atomic E-state index is -0.393. The molecule has 7 atom stereocenters. The van der Waals surface area contributed by atoms with E-state index in [9.17, 15) is 24.3 Å². The highest BCUT2D eigenvalue weighted by Crippen LogP contribution is 2.68. The Labute approximate surface area is 271 Å². The number of carbonyl (C=O) groups excluding carboxylic acids is 3. The van der Waals surface area contributed by atoms with E-state index in [-0.39, 0.29) is 69.8 Å². The number of amides is 3. The van der Waals surface area contributed by atoms with E-state index >= 15 is 0 Å². The number of H-pyrrole nitrogens is 1. The average Bonchev–Trinajstić information content (AvgIpc) is 3.80. The second-order valence-corrected chi connectivity index (χ2v) is 14.3. The van der Waals surface area contributed by atoms with Crippen molar-refractivity contribution in [2.24, 2.45) is 29.6 Å². The lowest BCUT2D eigenvalue weighted by atomic mass is 9.68. The molecule has 12 heteroatoms. The molecule has 0 spiro atoms. The fraction of sp³-hybridized carbons (Fsp3) is 0.294. The minimum Gasteiger partial charge on any atom is -0.508 e. The molecule has 4 aliphatic rings. The van der Waals surface area contributed by atoms with Crippen LogP contribution in [0.25, 0.3) is 0 Å². The summed E-state index contributed by atoms with van der Waals surface area (Å²) in [4.78, 5) is 58.0. The number of phenolic OH excluding ortho intramolecular Hbond substituents is 1. The third kappa shape index (κ3) is 4.61. The number of phenols is 1. The van der Waals surface area contributed by atoms with Crippen molar-refractivity contribution in [2.75, 3.05) is 23.9 Å². The highest BCUT2D eigenvalue weighted by molar-refractivity contribution is 8.00. The molecule has 1 aromatic heterocycles. The highest BCUT2D eigenvalue weighted by Gasteiger charge is 2.69. The van der Waals surface area contributed by atoms with Gasteiger partial charge in [0.05, 0.1) is 29.7 Å². The van der Waals surface area contributed by atoms with E-state index in [0.29, 0.717) is 22.9 Å². The molecule has 10 nitrogen and oxygen atoms in total. The molecule has 3 fully saturated rings. The van der Waals surface area contributed by atoms with E-state index in [2.05, 4.69) is 10.3 Å². The van der Waals surface area contributed by atoms with E-state index in [1.807, 2.05) is 24.3 Å². The maximum atomic E-state index is 14.0. The monoisotopic (exact) mass is 655 g/mol.